The molecule has 3 heterocycles. The van der Waals surface area contributed by atoms with Crippen molar-refractivity contribution in [2.45, 2.75) is 25.8 Å². The Hall–Kier alpha value is -2.97. The molecule has 0 fully saturated rings. The molecule has 4 rings (SSSR count). The van der Waals surface area contributed by atoms with Crippen LogP contribution >= 0.6 is 22.7 Å². The van der Waals surface area contributed by atoms with E-state index >= 15 is 0 Å². The summed E-state index contributed by atoms with van der Waals surface area (Å²) < 4.78 is 5.82. The van der Waals surface area contributed by atoms with Gasteiger partial charge >= 0.3 is 0 Å². The van der Waals surface area contributed by atoms with E-state index in [1.807, 2.05) is 24.3 Å². The Bertz CT molecular complexity index is 1070. The minimum Gasteiger partial charge on any atom is -0.503 e. The molecule has 1 amide bonds. The molecule has 3 aromatic rings. The third-order valence-corrected chi connectivity index (χ3v) is 6.40. The van der Waals surface area contributed by atoms with Gasteiger partial charge in [0.25, 0.3) is 5.91 Å². The normalized spacial score (nSPS) is 16.4. The number of nitrogens with zero attached hydrogens (tertiary/aromatic N) is 2. The summed E-state index contributed by atoms with van der Waals surface area (Å²) in [5.74, 6) is -0.878. The molecule has 0 radical (unpaired) electrons. The average Bonchev–Trinajstić information content (AvgIpc) is 3.50. The summed E-state index contributed by atoms with van der Waals surface area (Å²) in [4.78, 5) is 32.3. The highest BCUT2D eigenvalue weighted by atomic mass is 32.1. The third kappa shape index (κ3) is 3.76. The highest BCUT2D eigenvalue weighted by molar-refractivity contribution is 7.14. The maximum Gasteiger partial charge on any atom is 0.296 e. The van der Waals surface area contributed by atoms with Crippen LogP contribution in [0.3, 0.4) is 0 Å². The number of Topliss-reactive ketones (excluding diaryl/α,β-unsaturated/α-hetero) is 1. The van der Waals surface area contributed by atoms with Crippen molar-refractivity contribution < 1.29 is 19.4 Å². The summed E-state index contributed by atoms with van der Waals surface area (Å²) >= 11 is 2.54. The Morgan fingerprint density at radius 1 is 1.23 bits per heavy atom. The second-order valence-electron chi connectivity index (χ2n) is 6.74. The number of benzene rings is 1. The Kier molecular flexibility index (Phi) is 5.96. The van der Waals surface area contributed by atoms with E-state index in [0.717, 1.165) is 12.8 Å². The van der Waals surface area contributed by atoms with Gasteiger partial charge in [-0.05, 0) is 35.6 Å². The molecule has 30 heavy (non-hydrogen) atoms. The smallest absolute Gasteiger partial charge is 0.296 e. The maximum atomic E-state index is 13.2. The SMILES string of the molecule is CCCCOc1cccc(C2C(C(=O)c3cccs3)=C(O)C(=O)N2c2nccs2)c1. The van der Waals surface area contributed by atoms with E-state index in [1.54, 1.807) is 29.1 Å². The van der Waals surface area contributed by atoms with Crippen molar-refractivity contribution in [3.05, 3.63) is 75.1 Å². The van der Waals surface area contributed by atoms with Gasteiger partial charge in [-0.2, -0.15) is 0 Å². The van der Waals surface area contributed by atoms with E-state index < -0.39 is 17.7 Å². The number of ether oxygens (including phenoxy) is 1. The number of thiazole rings is 1. The van der Waals surface area contributed by atoms with E-state index in [2.05, 4.69) is 11.9 Å². The predicted octanol–water partition coefficient (Wildman–Crippen LogP) is 5.17. The second-order valence-corrected chi connectivity index (χ2v) is 8.56. The first-order valence-corrected chi connectivity index (χ1v) is 11.3. The Balaban J connectivity index is 1.78. The first kappa shape index (κ1) is 20.3. The van der Waals surface area contributed by atoms with Crippen molar-refractivity contribution >= 4 is 39.5 Å². The summed E-state index contributed by atoms with van der Waals surface area (Å²) in [6.45, 7) is 2.67. The maximum absolute atomic E-state index is 13.2. The molecule has 8 heteroatoms. The lowest BCUT2D eigenvalue weighted by Gasteiger charge is -2.24. The van der Waals surface area contributed by atoms with Crippen LogP contribution in [0, 0.1) is 0 Å². The Morgan fingerprint density at radius 2 is 2.10 bits per heavy atom. The first-order chi connectivity index (χ1) is 14.6. The average molecular weight is 441 g/mol. The van der Waals surface area contributed by atoms with Crippen molar-refractivity contribution in [1.82, 2.24) is 4.98 Å². The number of anilines is 1. The molecule has 6 nitrogen and oxygen atoms in total. The monoisotopic (exact) mass is 440 g/mol. The van der Waals surface area contributed by atoms with Crippen molar-refractivity contribution in [2.75, 3.05) is 11.5 Å². The molecule has 1 N–H and O–H groups in total. The van der Waals surface area contributed by atoms with E-state index in [1.165, 1.54) is 27.6 Å². The van der Waals surface area contributed by atoms with Gasteiger partial charge in [0.05, 0.1) is 23.1 Å². The number of carbonyl (C=O) groups is 2. The van der Waals surface area contributed by atoms with Gasteiger partial charge in [-0.25, -0.2) is 4.98 Å². The van der Waals surface area contributed by atoms with Gasteiger partial charge in [-0.1, -0.05) is 31.5 Å². The zero-order chi connectivity index (χ0) is 21.1. The quantitative estimate of drug-likeness (QED) is 0.386. The molecule has 1 unspecified atom stereocenters. The Labute approximate surface area is 182 Å². The summed E-state index contributed by atoms with van der Waals surface area (Å²) in [7, 11) is 0. The van der Waals surface area contributed by atoms with Crippen molar-refractivity contribution in [3.8, 4) is 5.75 Å². The van der Waals surface area contributed by atoms with E-state index in [-0.39, 0.29) is 11.4 Å². The fraction of sp³-hybridized carbons (Fsp3) is 0.227. The number of aliphatic hydroxyl groups excluding tert-OH is 1. The molecule has 0 saturated carbocycles. The number of hydrogen-bond acceptors (Lipinski definition) is 7. The molecule has 1 aliphatic heterocycles. The molecule has 0 aliphatic carbocycles. The zero-order valence-electron chi connectivity index (χ0n) is 16.3. The van der Waals surface area contributed by atoms with Gasteiger partial charge in [0.1, 0.15) is 5.75 Å². The number of ketones is 1. The number of amides is 1. The van der Waals surface area contributed by atoms with Crippen LogP contribution in [-0.2, 0) is 4.79 Å². The molecular weight excluding hydrogens is 420 g/mol. The van der Waals surface area contributed by atoms with Crippen molar-refractivity contribution in [3.63, 3.8) is 0 Å². The van der Waals surface area contributed by atoms with Gasteiger partial charge in [-0.15, -0.1) is 22.7 Å². The molecule has 0 bridgehead atoms. The molecule has 154 valence electrons. The minimum atomic E-state index is -0.784. The Morgan fingerprint density at radius 3 is 2.80 bits per heavy atom. The van der Waals surface area contributed by atoms with Crippen LogP contribution in [0.25, 0.3) is 0 Å². The molecule has 0 saturated heterocycles. The lowest BCUT2D eigenvalue weighted by molar-refractivity contribution is -0.117. The molecule has 1 atom stereocenters. The lowest BCUT2D eigenvalue weighted by atomic mass is 9.95. The number of unbranched alkanes of at least 4 members (excludes halogenated alkanes) is 1. The number of aliphatic hydroxyl groups is 1. The molecule has 0 spiro atoms. The zero-order valence-corrected chi connectivity index (χ0v) is 17.9. The number of thiophene rings is 1. The minimum absolute atomic E-state index is 0.0587. The van der Waals surface area contributed by atoms with Crippen LogP contribution in [0.5, 0.6) is 5.75 Å². The fourth-order valence-corrected chi connectivity index (χ4v) is 4.68. The van der Waals surface area contributed by atoms with Crippen molar-refractivity contribution in [1.29, 1.82) is 0 Å². The summed E-state index contributed by atoms with van der Waals surface area (Å²) in [6, 6.07) is 9.97. The van der Waals surface area contributed by atoms with Gasteiger partial charge in [-0.3, -0.25) is 14.5 Å². The van der Waals surface area contributed by atoms with Crippen LogP contribution in [0.4, 0.5) is 5.13 Å². The summed E-state index contributed by atoms with van der Waals surface area (Å²) in [6.07, 6.45) is 3.54. The van der Waals surface area contributed by atoms with Crippen LogP contribution in [-0.4, -0.2) is 28.4 Å². The van der Waals surface area contributed by atoms with Crippen molar-refractivity contribution in [2.24, 2.45) is 0 Å². The summed E-state index contributed by atoms with van der Waals surface area (Å²) in [5, 5.41) is 14.6. The standard InChI is InChI=1S/C22H20N2O4S2/c1-2-3-10-28-15-7-4-6-14(13-15)18-17(19(25)16-8-5-11-29-16)20(26)21(27)24(18)22-23-9-12-30-22/h4-9,11-13,18,26H,2-3,10H2,1H3. The lowest BCUT2D eigenvalue weighted by Crippen LogP contribution is -2.30. The number of aromatic nitrogens is 1. The van der Waals surface area contributed by atoms with Crippen LogP contribution in [0.1, 0.15) is 41.0 Å². The van der Waals surface area contributed by atoms with Gasteiger partial charge in [0.2, 0.25) is 5.78 Å². The summed E-state index contributed by atoms with van der Waals surface area (Å²) in [5.41, 5.74) is 0.736. The molecular formula is C22H20N2O4S2. The number of hydrogen-bond donors (Lipinski definition) is 1. The van der Waals surface area contributed by atoms with Crippen LogP contribution in [0.2, 0.25) is 0 Å². The topological polar surface area (TPSA) is 79.7 Å². The van der Waals surface area contributed by atoms with Crippen LogP contribution in [0.15, 0.2) is 64.7 Å². The van der Waals surface area contributed by atoms with Crippen LogP contribution < -0.4 is 9.64 Å². The van der Waals surface area contributed by atoms with Gasteiger partial charge < -0.3 is 9.84 Å². The second kappa shape index (κ2) is 8.81. The molecule has 2 aromatic heterocycles. The highest BCUT2D eigenvalue weighted by Crippen LogP contribution is 2.43. The molecule has 1 aromatic carbocycles. The fourth-order valence-electron chi connectivity index (χ4n) is 3.33. The molecule has 1 aliphatic rings. The van der Waals surface area contributed by atoms with Gasteiger partial charge in [0.15, 0.2) is 10.9 Å². The first-order valence-electron chi connectivity index (χ1n) is 9.59. The predicted molar refractivity (Wildman–Crippen MR) is 117 cm³/mol. The largest absolute Gasteiger partial charge is 0.503 e. The highest BCUT2D eigenvalue weighted by Gasteiger charge is 2.45. The van der Waals surface area contributed by atoms with Gasteiger partial charge in [0, 0.05) is 11.6 Å². The number of carbonyl (C=O) groups excluding carboxylic acids is 2. The third-order valence-electron chi connectivity index (χ3n) is 4.76. The van der Waals surface area contributed by atoms with E-state index in [9.17, 15) is 14.7 Å². The van der Waals surface area contributed by atoms with E-state index in [4.69, 9.17) is 4.74 Å². The van der Waals surface area contributed by atoms with E-state index in [0.29, 0.717) is 27.9 Å². The number of rotatable bonds is 8.